The summed E-state index contributed by atoms with van der Waals surface area (Å²) in [6, 6.07) is 0.0579. The molecule has 0 aromatic heterocycles. The summed E-state index contributed by atoms with van der Waals surface area (Å²) in [7, 11) is 0. The molecular weight excluding hydrogens is 126 g/mol. The number of carbonyl (C=O) groups excluding carboxylic acids is 1. The lowest BCUT2D eigenvalue weighted by atomic mass is 9.87. The van der Waals surface area contributed by atoms with Gasteiger partial charge in [0.15, 0.2) is 0 Å². The second-order valence-corrected chi connectivity index (χ2v) is 2.82. The molecule has 1 aliphatic rings. The van der Waals surface area contributed by atoms with Crippen LogP contribution >= 0.6 is 0 Å². The van der Waals surface area contributed by atoms with Crippen LogP contribution in [0.4, 0.5) is 0 Å². The number of Topliss-reactive ketones (excluding diaryl/α,β-unsaturated/α-hetero) is 1. The van der Waals surface area contributed by atoms with Crippen molar-refractivity contribution in [3.63, 3.8) is 0 Å². The van der Waals surface area contributed by atoms with Crippen molar-refractivity contribution in [3.05, 3.63) is 12.2 Å². The van der Waals surface area contributed by atoms with Gasteiger partial charge in [-0.3, -0.25) is 4.79 Å². The van der Waals surface area contributed by atoms with Crippen LogP contribution in [-0.2, 0) is 4.79 Å². The number of rotatable bonds is 1. The molecule has 0 aliphatic heterocycles. The second kappa shape index (κ2) is 2.97. The highest BCUT2D eigenvalue weighted by atomic mass is 16.1. The summed E-state index contributed by atoms with van der Waals surface area (Å²) in [5.41, 5.74) is 5.71. The molecule has 0 amide bonds. The monoisotopic (exact) mass is 139 g/mol. The van der Waals surface area contributed by atoms with Crippen LogP contribution in [0.1, 0.15) is 19.8 Å². The maximum absolute atomic E-state index is 10.9. The fraction of sp³-hybridized carbons (Fsp3) is 0.625. The van der Waals surface area contributed by atoms with Crippen LogP contribution in [0.15, 0.2) is 12.2 Å². The summed E-state index contributed by atoms with van der Waals surface area (Å²) < 4.78 is 0. The largest absolute Gasteiger partial charge is 0.327 e. The molecule has 2 unspecified atom stereocenters. The van der Waals surface area contributed by atoms with Crippen molar-refractivity contribution < 1.29 is 4.79 Å². The van der Waals surface area contributed by atoms with E-state index in [0.717, 1.165) is 12.8 Å². The fourth-order valence-corrected chi connectivity index (χ4v) is 1.30. The van der Waals surface area contributed by atoms with Crippen molar-refractivity contribution in [2.75, 3.05) is 0 Å². The minimum absolute atomic E-state index is 0.0579. The first-order valence-electron chi connectivity index (χ1n) is 3.63. The number of hydrogen-bond donors (Lipinski definition) is 1. The van der Waals surface area contributed by atoms with Gasteiger partial charge in [-0.1, -0.05) is 12.2 Å². The fourth-order valence-electron chi connectivity index (χ4n) is 1.30. The molecular formula is C8H13NO. The smallest absolute Gasteiger partial charge is 0.134 e. The van der Waals surface area contributed by atoms with Gasteiger partial charge >= 0.3 is 0 Å². The third kappa shape index (κ3) is 1.45. The van der Waals surface area contributed by atoms with Crippen molar-refractivity contribution in [3.8, 4) is 0 Å². The third-order valence-corrected chi connectivity index (χ3v) is 2.00. The summed E-state index contributed by atoms with van der Waals surface area (Å²) in [6.45, 7) is 1.61. The van der Waals surface area contributed by atoms with Crippen LogP contribution < -0.4 is 5.73 Å². The second-order valence-electron chi connectivity index (χ2n) is 2.82. The Hall–Kier alpha value is -0.630. The molecule has 56 valence electrons. The lowest BCUT2D eigenvalue weighted by molar-refractivity contribution is -0.121. The molecule has 2 N–H and O–H groups in total. The number of carbonyl (C=O) groups is 1. The highest BCUT2D eigenvalue weighted by Crippen LogP contribution is 2.17. The summed E-state index contributed by atoms with van der Waals surface area (Å²) in [5.74, 6) is 0.293. The van der Waals surface area contributed by atoms with Gasteiger partial charge in [-0.05, 0) is 19.8 Å². The molecule has 0 saturated carbocycles. The molecule has 0 spiro atoms. The normalized spacial score (nSPS) is 32.2. The number of ketones is 1. The molecule has 0 saturated heterocycles. The maximum atomic E-state index is 10.9. The Morgan fingerprint density at radius 1 is 1.50 bits per heavy atom. The molecule has 0 radical (unpaired) electrons. The predicted molar refractivity (Wildman–Crippen MR) is 40.5 cm³/mol. The molecule has 10 heavy (non-hydrogen) atoms. The van der Waals surface area contributed by atoms with Gasteiger partial charge in [0.25, 0.3) is 0 Å². The first-order valence-corrected chi connectivity index (χ1v) is 3.63. The molecule has 0 fully saturated rings. The van der Waals surface area contributed by atoms with Crippen LogP contribution in [0, 0.1) is 5.92 Å². The summed E-state index contributed by atoms with van der Waals surface area (Å²) in [6.07, 6.45) is 5.76. The SMILES string of the molecule is CC(=O)C1CC=CCC1N. The van der Waals surface area contributed by atoms with Gasteiger partial charge in [-0.15, -0.1) is 0 Å². The van der Waals surface area contributed by atoms with Gasteiger partial charge < -0.3 is 5.73 Å². The average Bonchev–Trinajstić information content (AvgIpc) is 1.88. The van der Waals surface area contributed by atoms with E-state index < -0.39 is 0 Å². The van der Waals surface area contributed by atoms with Gasteiger partial charge in [0.05, 0.1) is 0 Å². The molecule has 2 heteroatoms. The Kier molecular flexibility index (Phi) is 2.22. The standard InChI is InChI=1S/C8H13NO/c1-6(10)7-4-2-3-5-8(7)9/h2-3,7-8H,4-5,9H2,1H3. The van der Waals surface area contributed by atoms with Crippen molar-refractivity contribution >= 4 is 5.78 Å². The van der Waals surface area contributed by atoms with Crippen LogP contribution in [0.3, 0.4) is 0 Å². The number of allylic oxidation sites excluding steroid dienone is 1. The zero-order chi connectivity index (χ0) is 7.56. The van der Waals surface area contributed by atoms with E-state index in [1.165, 1.54) is 0 Å². The summed E-state index contributed by atoms with van der Waals surface area (Å²) in [4.78, 5) is 10.9. The Morgan fingerprint density at radius 2 is 2.10 bits per heavy atom. The van der Waals surface area contributed by atoms with Crippen molar-refractivity contribution in [1.82, 2.24) is 0 Å². The van der Waals surface area contributed by atoms with E-state index in [-0.39, 0.29) is 17.7 Å². The van der Waals surface area contributed by atoms with E-state index in [2.05, 4.69) is 0 Å². The van der Waals surface area contributed by atoms with Crippen molar-refractivity contribution in [2.24, 2.45) is 11.7 Å². The molecule has 2 atom stereocenters. The first-order chi connectivity index (χ1) is 4.72. The van der Waals surface area contributed by atoms with Gasteiger partial charge in [0.1, 0.15) is 5.78 Å². The van der Waals surface area contributed by atoms with Gasteiger partial charge in [0, 0.05) is 12.0 Å². The van der Waals surface area contributed by atoms with Crippen LogP contribution in [0.25, 0.3) is 0 Å². The topological polar surface area (TPSA) is 43.1 Å². The minimum Gasteiger partial charge on any atom is -0.327 e. The van der Waals surface area contributed by atoms with Crippen LogP contribution in [0.5, 0.6) is 0 Å². The van der Waals surface area contributed by atoms with Crippen molar-refractivity contribution in [1.29, 1.82) is 0 Å². The molecule has 0 heterocycles. The van der Waals surface area contributed by atoms with Gasteiger partial charge in [-0.2, -0.15) is 0 Å². The highest BCUT2D eigenvalue weighted by molar-refractivity contribution is 5.79. The Morgan fingerprint density at radius 3 is 2.50 bits per heavy atom. The Bertz CT molecular complexity index is 163. The summed E-state index contributed by atoms with van der Waals surface area (Å²) in [5, 5.41) is 0. The van der Waals surface area contributed by atoms with E-state index in [9.17, 15) is 4.79 Å². The molecule has 2 nitrogen and oxygen atoms in total. The van der Waals surface area contributed by atoms with E-state index >= 15 is 0 Å². The zero-order valence-corrected chi connectivity index (χ0v) is 6.21. The average molecular weight is 139 g/mol. The zero-order valence-electron chi connectivity index (χ0n) is 6.21. The first kappa shape index (κ1) is 7.48. The quantitative estimate of drug-likeness (QED) is 0.548. The maximum Gasteiger partial charge on any atom is 0.134 e. The minimum atomic E-state index is 0.0579. The molecule has 1 rings (SSSR count). The lowest BCUT2D eigenvalue weighted by Crippen LogP contribution is -2.35. The summed E-state index contributed by atoms with van der Waals surface area (Å²) >= 11 is 0. The van der Waals surface area contributed by atoms with Crippen molar-refractivity contribution in [2.45, 2.75) is 25.8 Å². The van der Waals surface area contributed by atoms with E-state index in [4.69, 9.17) is 5.73 Å². The third-order valence-electron chi connectivity index (χ3n) is 2.00. The van der Waals surface area contributed by atoms with E-state index in [1.54, 1.807) is 6.92 Å². The number of nitrogens with two attached hydrogens (primary N) is 1. The Labute approximate surface area is 61.1 Å². The molecule has 1 aliphatic carbocycles. The molecule has 0 bridgehead atoms. The van der Waals surface area contributed by atoms with Gasteiger partial charge in [0.2, 0.25) is 0 Å². The Balaban J connectivity index is 2.59. The highest BCUT2D eigenvalue weighted by Gasteiger charge is 2.22. The lowest BCUT2D eigenvalue weighted by Gasteiger charge is -2.21. The molecule has 0 aromatic carbocycles. The van der Waals surface area contributed by atoms with Crippen LogP contribution in [0.2, 0.25) is 0 Å². The van der Waals surface area contributed by atoms with Crippen LogP contribution in [-0.4, -0.2) is 11.8 Å². The molecule has 0 aromatic rings. The van der Waals surface area contributed by atoms with Gasteiger partial charge in [-0.25, -0.2) is 0 Å². The number of hydrogen-bond acceptors (Lipinski definition) is 2. The van der Waals surface area contributed by atoms with E-state index in [1.807, 2.05) is 12.2 Å². The predicted octanol–water partition coefficient (Wildman–Crippen LogP) is 0.869. The van der Waals surface area contributed by atoms with E-state index in [0.29, 0.717) is 0 Å².